The zero-order valence-electron chi connectivity index (χ0n) is 13.5. The van der Waals surface area contributed by atoms with Crippen molar-refractivity contribution in [2.24, 2.45) is 5.73 Å². The van der Waals surface area contributed by atoms with Crippen molar-refractivity contribution in [2.45, 2.75) is 38.8 Å². The maximum Gasteiger partial charge on any atom is 0.407 e. The molecule has 0 radical (unpaired) electrons. The fourth-order valence-electron chi connectivity index (χ4n) is 1.71. The van der Waals surface area contributed by atoms with E-state index in [0.29, 0.717) is 13.0 Å². The van der Waals surface area contributed by atoms with Crippen LogP contribution < -0.4 is 16.0 Å². The SMILES string of the molecule is CN(C)c1ccc(CC(N)CNC(=O)OC(C)(C)C)cn1. The first kappa shape index (κ1) is 17.2. The molecular formula is C15H26N4O2. The van der Waals surface area contributed by atoms with Crippen LogP contribution in [0.1, 0.15) is 26.3 Å². The summed E-state index contributed by atoms with van der Waals surface area (Å²) in [6.45, 7) is 5.84. The van der Waals surface area contributed by atoms with Gasteiger partial charge in [0.25, 0.3) is 0 Å². The van der Waals surface area contributed by atoms with E-state index in [1.54, 1.807) is 0 Å². The third-order valence-corrected chi connectivity index (χ3v) is 2.67. The lowest BCUT2D eigenvalue weighted by Gasteiger charge is -2.20. The highest BCUT2D eigenvalue weighted by atomic mass is 16.6. The minimum atomic E-state index is -0.500. The quantitative estimate of drug-likeness (QED) is 0.861. The third kappa shape index (κ3) is 6.94. The topological polar surface area (TPSA) is 80.5 Å². The standard InChI is InChI=1S/C15H26N4O2/c1-15(2,3)21-14(20)18-10-12(16)8-11-6-7-13(17-9-11)19(4)5/h6-7,9,12H,8,10,16H2,1-5H3,(H,18,20). The van der Waals surface area contributed by atoms with Crippen LogP contribution in [0.15, 0.2) is 18.3 Å². The lowest BCUT2D eigenvalue weighted by atomic mass is 10.1. The minimum Gasteiger partial charge on any atom is -0.444 e. The highest BCUT2D eigenvalue weighted by Gasteiger charge is 2.16. The Balaban J connectivity index is 2.40. The average molecular weight is 294 g/mol. The van der Waals surface area contributed by atoms with E-state index in [0.717, 1.165) is 11.4 Å². The van der Waals surface area contributed by atoms with Gasteiger partial charge < -0.3 is 20.7 Å². The van der Waals surface area contributed by atoms with Crippen molar-refractivity contribution in [3.05, 3.63) is 23.9 Å². The Labute approximate surface area is 126 Å². The van der Waals surface area contributed by atoms with E-state index in [-0.39, 0.29) is 6.04 Å². The molecule has 1 atom stereocenters. The second-order valence-electron chi connectivity index (χ2n) is 6.27. The van der Waals surface area contributed by atoms with E-state index in [2.05, 4.69) is 10.3 Å². The number of hydrogen-bond acceptors (Lipinski definition) is 5. The molecule has 1 rings (SSSR count). The first-order chi connectivity index (χ1) is 9.67. The van der Waals surface area contributed by atoms with Crippen LogP contribution in [-0.2, 0) is 11.2 Å². The first-order valence-electron chi connectivity index (χ1n) is 7.02. The van der Waals surface area contributed by atoms with Crippen molar-refractivity contribution < 1.29 is 9.53 Å². The minimum absolute atomic E-state index is 0.176. The molecular weight excluding hydrogens is 268 g/mol. The van der Waals surface area contributed by atoms with Gasteiger partial charge in [0, 0.05) is 32.9 Å². The van der Waals surface area contributed by atoms with Gasteiger partial charge in [-0.2, -0.15) is 0 Å². The molecule has 0 aliphatic rings. The summed E-state index contributed by atoms with van der Waals surface area (Å²) in [5, 5.41) is 2.67. The zero-order valence-corrected chi connectivity index (χ0v) is 13.5. The first-order valence-corrected chi connectivity index (χ1v) is 7.02. The van der Waals surface area contributed by atoms with Gasteiger partial charge in [0.1, 0.15) is 11.4 Å². The predicted molar refractivity (Wildman–Crippen MR) is 84.5 cm³/mol. The number of rotatable bonds is 5. The molecule has 1 unspecified atom stereocenters. The number of alkyl carbamates (subject to hydrolysis) is 1. The Kier molecular flexibility index (Phi) is 5.96. The Morgan fingerprint density at radius 2 is 2.10 bits per heavy atom. The van der Waals surface area contributed by atoms with Gasteiger partial charge in [-0.05, 0) is 38.8 Å². The highest BCUT2D eigenvalue weighted by molar-refractivity contribution is 5.67. The largest absolute Gasteiger partial charge is 0.444 e. The number of hydrogen-bond donors (Lipinski definition) is 2. The number of pyridine rings is 1. The molecule has 0 bridgehead atoms. The van der Waals surface area contributed by atoms with Gasteiger partial charge in [0.2, 0.25) is 0 Å². The van der Waals surface area contributed by atoms with E-state index < -0.39 is 11.7 Å². The van der Waals surface area contributed by atoms with Gasteiger partial charge in [-0.15, -0.1) is 0 Å². The van der Waals surface area contributed by atoms with Crippen LogP contribution in [0.5, 0.6) is 0 Å². The van der Waals surface area contributed by atoms with Crippen molar-refractivity contribution in [1.29, 1.82) is 0 Å². The number of carbonyl (C=O) groups is 1. The van der Waals surface area contributed by atoms with Crippen molar-refractivity contribution >= 4 is 11.9 Å². The van der Waals surface area contributed by atoms with Gasteiger partial charge in [0.05, 0.1) is 0 Å². The molecule has 6 nitrogen and oxygen atoms in total. The fourth-order valence-corrected chi connectivity index (χ4v) is 1.71. The van der Waals surface area contributed by atoms with E-state index in [1.807, 2.05) is 58.1 Å². The fraction of sp³-hybridized carbons (Fsp3) is 0.600. The maximum absolute atomic E-state index is 11.5. The lowest BCUT2D eigenvalue weighted by Crippen LogP contribution is -2.41. The van der Waals surface area contributed by atoms with Crippen LogP contribution in [0.3, 0.4) is 0 Å². The number of nitrogens with two attached hydrogens (primary N) is 1. The number of nitrogens with one attached hydrogen (secondary N) is 1. The number of ether oxygens (including phenoxy) is 1. The van der Waals surface area contributed by atoms with Crippen molar-refractivity contribution in [2.75, 3.05) is 25.5 Å². The monoisotopic (exact) mass is 294 g/mol. The number of anilines is 1. The van der Waals surface area contributed by atoms with Gasteiger partial charge in [-0.25, -0.2) is 9.78 Å². The Hall–Kier alpha value is -1.82. The second kappa shape index (κ2) is 7.26. The van der Waals surface area contributed by atoms with Crippen LogP contribution in [0.2, 0.25) is 0 Å². The van der Waals surface area contributed by atoms with Crippen LogP contribution in [-0.4, -0.2) is 43.4 Å². The molecule has 1 heterocycles. The number of aromatic nitrogens is 1. The van der Waals surface area contributed by atoms with E-state index in [9.17, 15) is 4.79 Å². The molecule has 0 aromatic carbocycles. The van der Waals surface area contributed by atoms with E-state index >= 15 is 0 Å². The average Bonchev–Trinajstić information content (AvgIpc) is 2.35. The molecule has 1 aromatic heterocycles. The lowest BCUT2D eigenvalue weighted by molar-refractivity contribution is 0.0524. The van der Waals surface area contributed by atoms with Crippen molar-refractivity contribution in [3.8, 4) is 0 Å². The van der Waals surface area contributed by atoms with E-state index in [4.69, 9.17) is 10.5 Å². The summed E-state index contributed by atoms with van der Waals surface area (Å²) in [4.78, 5) is 17.8. The maximum atomic E-state index is 11.5. The number of nitrogens with zero attached hydrogens (tertiary/aromatic N) is 2. The van der Waals surface area contributed by atoms with Crippen LogP contribution >= 0.6 is 0 Å². The zero-order chi connectivity index (χ0) is 16.0. The number of amides is 1. The molecule has 0 aliphatic heterocycles. The third-order valence-electron chi connectivity index (χ3n) is 2.67. The summed E-state index contributed by atoms with van der Waals surface area (Å²) < 4.78 is 5.16. The van der Waals surface area contributed by atoms with Crippen LogP contribution in [0.4, 0.5) is 10.6 Å². The van der Waals surface area contributed by atoms with Crippen molar-refractivity contribution in [1.82, 2.24) is 10.3 Å². The smallest absolute Gasteiger partial charge is 0.407 e. The summed E-state index contributed by atoms with van der Waals surface area (Å²) in [7, 11) is 3.89. The molecule has 118 valence electrons. The van der Waals surface area contributed by atoms with Crippen LogP contribution in [0, 0.1) is 0 Å². The molecule has 0 saturated heterocycles. The predicted octanol–water partition coefficient (Wildman–Crippen LogP) is 1.54. The molecule has 0 spiro atoms. The summed E-state index contributed by atoms with van der Waals surface area (Å²) in [5.41, 5.74) is 6.55. The summed E-state index contributed by atoms with van der Waals surface area (Å²) in [5.74, 6) is 0.902. The molecule has 0 saturated carbocycles. The van der Waals surface area contributed by atoms with E-state index in [1.165, 1.54) is 0 Å². The van der Waals surface area contributed by atoms with Gasteiger partial charge in [-0.1, -0.05) is 6.07 Å². The highest BCUT2D eigenvalue weighted by Crippen LogP contribution is 2.09. The normalized spacial score (nSPS) is 12.7. The van der Waals surface area contributed by atoms with Crippen molar-refractivity contribution in [3.63, 3.8) is 0 Å². The molecule has 3 N–H and O–H groups in total. The Morgan fingerprint density at radius 3 is 2.57 bits per heavy atom. The van der Waals surface area contributed by atoms with Gasteiger partial charge >= 0.3 is 6.09 Å². The molecule has 6 heteroatoms. The van der Waals surface area contributed by atoms with Crippen LogP contribution in [0.25, 0.3) is 0 Å². The Bertz CT molecular complexity index is 452. The molecule has 1 aromatic rings. The molecule has 1 amide bonds. The van der Waals surface area contributed by atoms with Gasteiger partial charge in [0.15, 0.2) is 0 Å². The summed E-state index contributed by atoms with van der Waals surface area (Å²) >= 11 is 0. The molecule has 0 fully saturated rings. The second-order valence-corrected chi connectivity index (χ2v) is 6.27. The summed E-state index contributed by atoms with van der Waals surface area (Å²) in [6.07, 6.45) is 2.01. The Morgan fingerprint density at radius 1 is 1.43 bits per heavy atom. The molecule has 21 heavy (non-hydrogen) atoms. The van der Waals surface area contributed by atoms with Gasteiger partial charge in [-0.3, -0.25) is 0 Å². The summed E-state index contributed by atoms with van der Waals surface area (Å²) in [6, 6.07) is 3.77. The number of carbonyl (C=O) groups excluding carboxylic acids is 1. The molecule has 0 aliphatic carbocycles.